The molecule has 112 valence electrons. The van der Waals surface area contributed by atoms with Crippen molar-refractivity contribution < 1.29 is 14.3 Å². The second-order valence-electron chi connectivity index (χ2n) is 5.52. The van der Waals surface area contributed by atoms with Crippen molar-refractivity contribution in [2.75, 3.05) is 6.54 Å². The summed E-state index contributed by atoms with van der Waals surface area (Å²) in [6.07, 6.45) is 0.900. The van der Waals surface area contributed by atoms with E-state index in [1.807, 2.05) is 35.2 Å². The lowest BCUT2D eigenvalue weighted by Crippen LogP contribution is -2.37. The number of hydrogen-bond acceptors (Lipinski definition) is 4. The van der Waals surface area contributed by atoms with Crippen molar-refractivity contribution in [2.24, 2.45) is 0 Å². The number of rotatable bonds is 3. The standard InChI is InChI=1S/C17H15NO3S/c19-17(20)16(14-9-11-3-1-2-4-13(11)21-14)18-7-5-15-12(10-18)6-8-22-15/h1-4,6,8-9,16H,5,7,10H2,(H,19,20). The van der Waals surface area contributed by atoms with Gasteiger partial charge in [0, 0.05) is 23.4 Å². The summed E-state index contributed by atoms with van der Waals surface area (Å²) in [5.41, 5.74) is 1.97. The second-order valence-corrected chi connectivity index (χ2v) is 6.52. The highest BCUT2D eigenvalue weighted by Gasteiger charge is 2.33. The summed E-state index contributed by atoms with van der Waals surface area (Å²) in [6.45, 7) is 1.40. The fourth-order valence-corrected chi connectivity index (χ4v) is 3.98. The summed E-state index contributed by atoms with van der Waals surface area (Å²) in [6, 6.07) is 10.8. The molecule has 22 heavy (non-hydrogen) atoms. The number of hydrogen-bond donors (Lipinski definition) is 1. The molecule has 3 aromatic rings. The lowest BCUT2D eigenvalue weighted by molar-refractivity contribution is -0.144. The van der Waals surface area contributed by atoms with Crippen LogP contribution in [0, 0.1) is 0 Å². The van der Waals surface area contributed by atoms with Crippen LogP contribution in [0.1, 0.15) is 22.2 Å². The molecule has 1 aliphatic rings. The first-order valence-corrected chi connectivity index (χ1v) is 8.11. The maximum Gasteiger partial charge on any atom is 0.328 e. The molecule has 1 N–H and O–H groups in total. The van der Waals surface area contributed by atoms with E-state index in [-0.39, 0.29) is 0 Å². The van der Waals surface area contributed by atoms with Gasteiger partial charge >= 0.3 is 5.97 Å². The van der Waals surface area contributed by atoms with Crippen LogP contribution >= 0.6 is 11.3 Å². The minimum absolute atomic E-state index is 0.507. The Kier molecular flexibility index (Phi) is 3.24. The van der Waals surface area contributed by atoms with Crippen molar-refractivity contribution in [3.05, 3.63) is 58.0 Å². The number of furan rings is 1. The highest BCUT2D eigenvalue weighted by molar-refractivity contribution is 7.10. The van der Waals surface area contributed by atoms with Gasteiger partial charge in [-0.05, 0) is 35.6 Å². The number of para-hydroxylation sites is 1. The predicted molar refractivity (Wildman–Crippen MR) is 85.0 cm³/mol. The highest BCUT2D eigenvalue weighted by Crippen LogP contribution is 2.33. The molecule has 0 saturated heterocycles. The van der Waals surface area contributed by atoms with Crippen LogP contribution in [-0.2, 0) is 17.8 Å². The van der Waals surface area contributed by atoms with Gasteiger partial charge in [-0.15, -0.1) is 11.3 Å². The maximum atomic E-state index is 11.8. The number of aliphatic carboxylic acids is 1. The van der Waals surface area contributed by atoms with Crippen LogP contribution < -0.4 is 0 Å². The third kappa shape index (κ3) is 2.23. The number of carboxylic acid groups (broad SMARTS) is 1. The monoisotopic (exact) mass is 313 g/mol. The molecule has 5 heteroatoms. The van der Waals surface area contributed by atoms with E-state index >= 15 is 0 Å². The fraction of sp³-hybridized carbons (Fsp3) is 0.235. The van der Waals surface area contributed by atoms with Crippen molar-refractivity contribution in [1.82, 2.24) is 4.90 Å². The molecule has 0 radical (unpaired) electrons. The minimum Gasteiger partial charge on any atom is -0.480 e. The van der Waals surface area contributed by atoms with Crippen molar-refractivity contribution in [3.63, 3.8) is 0 Å². The quantitative estimate of drug-likeness (QED) is 0.801. The number of benzene rings is 1. The van der Waals surface area contributed by atoms with Gasteiger partial charge in [-0.25, -0.2) is 0 Å². The largest absolute Gasteiger partial charge is 0.480 e. The Hall–Kier alpha value is -2.11. The van der Waals surface area contributed by atoms with E-state index in [1.54, 1.807) is 11.3 Å². The molecule has 1 atom stereocenters. The maximum absolute atomic E-state index is 11.8. The Morgan fingerprint density at radius 2 is 2.18 bits per heavy atom. The molecule has 4 rings (SSSR count). The van der Waals surface area contributed by atoms with E-state index < -0.39 is 12.0 Å². The summed E-state index contributed by atoms with van der Waals surface area (Å²) in [4.78, 5) is 15.2. The van der Waals surface area contributed by atoms with Gasteiger partial charge < -0.3 is 9.52 Å². The van der Waals surface area contributed by atoms with E-state index in [9.17, 15) is 9.90 Å². The topological polar surface area (TPSA) is 53.7 Å². The lowest BCUT2D eigenvalue weighted by atomic mass is 10.1. The molecule has 0 bridgehead atoms. The first kappa shape index (κ1) is 13.5. The lowest BCUT2D eigenvalue weighted by Gasteiger charge is -2.30. The first-order chi connectivity index (χ1) is 10.7. The highest BCUT2D eigenvalue weighted by atomic mass is 32.1. The van der Waals surface area contributed by atoms with E-state index in [0.29, 0.717) is 12.3 Å². The van der Waals surface area contributed by atoms with Crippen LogP contribution in [0.2, 0.25) is 0 Å². The summed E-state index contributed by atoms with van der Waals surface area (Å²) in [5.74, 6) is -0.356. The van der Waals surface area contributed by atoms with Crippen LogP contribution in [0.3, 0.4) is 0 Å². The molecule has 1 aliphatic heterocycles. The van der Waals surface area contributed by atoms with Crippen LogP contribution in [-0.4, -0.2) is 22.5 Å². The molecule has 0 spiro atoms. The summed E-state index contributed by atoms with van der Waals surface area (Å²) in [7, 11) is 0. The molecular weight excluding hydrogens is 298 g/mol. The molecule has 1 aromatic carbocycles. The van der Waals surface area contributed by atoms with Crippen LogP contribution in [0.5, 0.6) is 0 Å². The SMILES string of the molecule is O=C(O)C(c1cc2ccccc2o1)N1CCc2sccc2C1. The molecule has 0 fully saturated rings. The predicted octanol–water partition coefficient (Wildman–Crippen LogP) is 3.68. The van der Waals surface area contributed by atoms with Crippen LogP contribution in [0.25, 0.3) is 11.0 Å². The van der Waals surface area contributed by atoms with Gasteiger partial charge in [-0.3, -0.25) is 9.69 Å². The zero-order valence-corrected chi connectivity index (χ0v) is 12.7. The van der Waals surface area contributed by atoms with Crippen LogP contribution in [0.4, 0.5) is 0 Å². The van der Waals surface area contributed by atoms with Gasteiger partial charge in [0.2, 0.25) is 0 Å². The summed E-state index contributed by atoms with van der Waals surface area (Å²) < 4.78 is 5.79. The van der Waals surface area contributed by atoms with Crippen LogP contribution in [0.15, 0.2) is 46.2 Å². The molecule has 0 saturated carbocycles. The molecular formula is C17H15NO3S. The van der Waals surface area contributed by atoms with Gasteiger partial charge in [-0.1, -0.05) is 18.2 Å². The van der Waals surface area contributed by atoms with Gasteiger partial charge in [0.1, 0.15) is 11.3 Å². The van der Waals surface area contributed by atoms with E-state index in [0.717, 1.165) is 23.9 Å². The number of thiophene rings is 1. The average Bonchev–Trinajstić information content (AvgIpc) is 3.12. The molecule has 3 heterocycles. The van der Waals surface area contributed by atoms with Crippen molar-refractivity contribution in [3.8, 4) is 0 Å². The van der Waals surface area contributed by atoms with E-state index in [1.165, 1.54) is 10.4 Å². The third-order valence-electron chi connectivity index (χ3n) is 4.15. The molecule has 0 amide bonds. The Bertz CT molecular complexity index is 802. The minimum atomic E-state index is -0.863. The Labute approximate surface area is 131 Å². The zero-order valence-electron chi connectivity index (χ0n) is 11.9. The number of carboxylic acids is 1. The Morgan fingerprint density at radius 1 is 1.32 bits per heavy atom. The van der Waals surface area contributed by atoms with Gasteiger partial charge in [-0.2, -0.15) is 0 Å². The second kappa shape index (κ2) is 5.26. The smallest absolute Gasteiger partial charge is 0.328 e. The molecule has 0 aliphatic carbocycles. The van der Waals surface area contributed by atoms with Crippen molar-refractivity contribution >= 4 is 28.3 Å². The van der Waals surface area contributed by atoms with E-state index in [2.05, 4.69) is 11.4 Å². The molecule has 2 aromatic heterocycles. The van der Waals surface area contributed by atoms with Gasteiger partial charge in [0.05, 0.1) is 0 Å². The first-order valence-electron chi connectivity index (χ1n) is 7.23. The summed E-state index contributed by atoms with van der Waals surface area (Å²) in [5, 5.41) is 12.7. The van der Waals surface area contributed by atoms with Crippen molar-refractivity contribution in [1.29, 1.82) is 0 Å². The fourth-order valence-electron chi connectivity index (χ4n) is 3.09. The Balaban J connectivity index is 1.71. The normalized spacial score (nSPS) is 16.5. The summed E-state index contributed by atoms with van der Waals surface area (Å²) >= 11 is 1.75. The average molecular weight is 313 g/mol. The number of nitrogens with zero attached hydrogens (tertiary/aromatic N) is 1. The van der Waals surface area contributed by atoms with Crippen molar-refractivity contribution in [2.45, 2.75) is 19.0 Å². The number of carbonyl (C=O) groups is 1. The molecule has 4 nitrogen and oxygen atoms in total. The van der Waals surface area contributed by atoms with Gasteiger partial charge in [0.15, 0.2) is 6.04 Å². The molecule has 1 unspecified atom stereocenters. The third-order valence-corrected chi connectivity index (χ3v) is 5.17. The van der Waals surface area contributed by atoms with Gasteiger partial charge in [0.25, 0.3) is 0 Å². The zero-order chi connectivity index (χ0) is 15.1. The Morgan fingerprint density at radius 3 is 3.00 bits per heavy atom. The van der Waals surface area contributed by atoms with E-state index in [4.69, 9.17) is 4.42 Å². The number of fused-ring (bicyclic) bond motifs is 2.